The van der Waals surface area contributed by atoms with Gasteiger partial charge >= 0.3 is 0 Å². The zero-order valence-electron chi connectivity index (χ0n) is 16.0. The molecule has 0 fully saturated rings. The predicted molar refractivity (Wildman–Crippen MR) is 110 cm³/mol. The lowest BCUT2D eigenvalue weighted by Crippen LogP contribution is -2.02. The van der Waals surface area contributed by atoms with E-state index >= 15 is 0 Å². The summed E-state index contributed by atoms with van der Waals surface area (Å²) >= 11 is 0. The Morgan fingerprint density at radius 1 is 0.643 bits per heavy atom. The fourth-order valence-electron chi connectivity index (χ4n) is 2.82. The number of benzene rings is 2. The Hall–Kier alpha value is -3.54. The van der Waals surface area contributed by atoms with Crippen LogP contribution in [-0.4, -0.2) is 30.0 Å². The van der Waals surface area contributed by atoms with Crippen molar-refractivity contribution in [3.63, 3.8) is 0 Å². The topological polar surface area (TPSA) is 61.4 Å². The monoisotopic (exact) mass is 370 g/mol. The molecule has 2 heterocycles. The quantitative estimate of drug-likeness (QED) is 0.480. The smallest absolute Gasteiger partial charge is 0.113 e. The van der Waals surface area contributed by atoms with Crippen molar-refractivity contribution in [2.24, 2.45) is 0 Å². The SMILES string of the molecule is Cc1ccc(-c2cnn(C/C=C\Cn3ncc(-c4ccc(C)cc4)n3)n2)cc1. The van der Waals surface area contributed by atoms with Gasteiger partial charge < -0.3 is 0 Å². The number of rotatable bonds is 6. The molecule has 140 valence electrons. The van der Waals surface area contributed by atoms with E-state index in [2.05, 4.69) is 82.8 Å². The molecule has 0 spiro atoms. The van der Waals surface area contributed by atoms with Gasteiger partial charge in [0.15, 0.2) is 0 Å². The molecular formula is C22H22N6. The Morgan fingerprint density at radius 3 is 1.43 bits per heavy atom. The maximum absolute atomic E-state index is 4.52. The molecular weight excluding hydrogens is 348 g/mol. The van der Waals surface area contributed by atoms with Crippen molar-refractivity contribution in [2.75, 3.05) is 0 Å². The lowest BCUT2D eigenvalue weighted by Gasteiger charge is -1.97. The molecule has 0 N–H and O–H groups in total. The summed E-state index contributed by atoms with van der Waals surface area (Å²) in [6.45, 7) is 5.36. The molecule has 0 atom stereocenters. The summed E-state index contributed by atoms with van der Waals surface area (Å²) in [5.74, 6) is 0. The van der Waals surface area contributed by atoms with Gasteiger partial charge in [0.25, 0.3) is 0 Å². The van der Waals surface area contributed by atoms with Crippen molar-refractivity contribution in [1.82, 2.24) is 30.0 Å². The van der Waals surface area contributed by atoms with Crippen molar-refractivity contribution in [2.45, 2.75) is 26.9 Å². The van der Waals surface area contributed by atoms with E-state index in [1.807, 2.05) is 12.2 Å². The molecule has 0 aliphatic heterocycles. The molecule has 2 aromatic heterocycles. The molecule has 6 heteroatoms. The van der Waals surface area contributed by atoms with Gasteiger partial charge in [-0.15, -0.1) is 0 Å². The number of aryl methyl sites for hydroxylation is 2. The number of aromatic nitrogens is 6. The maximum Gasteiger partial charge on any atom is 0.113 e. The van der Waals surface area contributed by atoms with Gasteiger partial charge in [-0.25, -0.2) is 0 Å². The van der Waals surface area contributed by atoms with Crippen LogP contribution in [0.5, 0.6) is 0 Å². The Kier molecular flexibility index (Phi) is 5.10. The molecule has 0 saturated heterocycles. The van der Waals surface area contributed by atoms with Crippen LogP contribution in [0.4, 0.5) is 0 Å². The third-order valence-electron chi connectivity index (χ3n) is 4.47. The minimum Gasteiger partial charge on any atom is -0.180 e. The maximum atomic E-state index is 4.52. The van der Waals surface area contributed by atoms with Crippen LogP contribution < -0.4 is 0 Å². The van der Waals surface area contributed by atoms with Crippen molar-refractivity contribution >= 4 is 0 Å². The fraction of sp³-hybridized carbons (Fsp3) is 0.182. The molecule has 6 nitrogen and oxygen atoms in total. The molecule has 0 saturated carbocycles. The molecule has 0 bridgehead atoms. The van der Waals surface area contributed by atoms with Crippen LogP contribution in [0.15, 0.2) is 73.1 Å². The van der Waals surface area contributed by atoms with Crippen molar-refractivity contribution in [1.29, 1.82) is 0 Å². The Morgan fingerprint density at radius 2 is 1.04 bits per heavy atom. The first kappa shape index (κ1) is 17.9. The van der Waals surface area contributed by atoms with E-state index in [0.717, 1.165) is 22.5 Å². The first-order chi connectivity index (χ1) is 13.7. The molecule has 0 amide bonds. The van der Waals surface area contributed by atoms with Gasteiger partial charge in [0.1, 0.15) is 11.4 Å². The summed E-state index contributed by atoms with van der Waals surface area (Å²) in [6, 6.07) is 16.6. The van der Waals surface area contributed by atoms with Crippen LogP contribution in [0.25, 0.3) is 22.5 Å². The minimum absolute atomic E-state index is 0.609. The van der Waals surface area contributed by atoms with Gasteiger partial charge in [-0.1, -0.05) is 71.8 Å². The molecule has 28 heavy (non-hydrogen) atoms. The molecule has 4 rings (SSSR count). The largest absolute Gasteiger partial charge is 0.180 e. The van der Waals surface area contributed by atoms with Crippen molar-refractivity contribution < 1.29 is 0 Å². The van der Waals surface area contributed by atoms with Crippen LogP contribution in [0.2, 0.25) is 0 Å². The number of hydrogen-bond acceptors (Lipinski definition) is 4. The molecule has 4 aromatic rings. The van der Waals surface area contributed by atoms with E-state index in [4.69, 9.17) is 0 Å². The van der Waals surface area contributed by atoms with Crippen LogP contribution in [0, 0.1) is 13.8 Å². The average molecular weight is 370 g/mol. The Labute approximate surface area is 164 Å². The molecule has 2 aromatic carbocycles. The van der Waals surface area contributed by atoms with Gasteiger partial charge in [-0.3, -0.25) is 0 Å². The van der Waals surface area contributed by atoms with Crippen LogP contribution in [-0.2, 0) is 13.1 Å². The summed E-state index contributed by atoms with van der Waals surface area (Å²) in [6.07, 6.45) is 7.63. The summed E-state index contributed by atoms with van der Waals surface area (Å²) in [4.78, 5) is 3.36. The van der Waals surface area contributed by atoms with Gasteiger partial charge in [0, 0.05) is 11.1 Å². The Bertz CT molecular complexity index is 983. The molecule has 0 aliphatic carbocycles. The second kappa shape index (κ2) is 8.00. The van der Waals surface area contributed by atoms with Gasteiger partial charge in [-0.2, -0.15) is 30.0 Å². The van der Waals surface area contributed by atoms with E-state index in [-0.39, 0.29) is 0 Å². The van der Waals surface area contributed by atoms with E-state index in [1.165, 1.54) is 11.1 Å². The second-order valence-corrected chi connectivity index (χ2v) is 6.77. The summed E-state index contributed by atoms with van der Waals surface area (Å²) < 4.78 is 0. The normalized spacial score (nSPS) is 11.4. The first-order valence-electron chi connectivity index (χ1n) is 9.27. The average Bonchev–Trinajstić information content (AvgIpc) is 3.36. The van der Waals surface area contributed by atoms with Crippen LogP contribution in [0.1, 0.15) is 11.1 Å². The van der Waals surface area contributed by atoms with Gasteiger partial charge in [0.05, 0.1) is 25.5 Å². The third-order valence-corrected chi connectivity index (χ3v) is 4.47. The Balaban J connectivity index is 1.33. The second-order valence-electron chi connectivity index (χ2n) is 6.77. The number of allylic oxidation sites excluding steroid dienone is 2. The number of hydrogen-bond donors (Lipinski definition) is 0. The highest BCUT2D eigenvalue weighted by Crippen LogP contribution is 2.17. The van der Waals surface area contributed by atoms with Gasteiger partial charge in [-0.05, 0) is 13.8 Å². The molecule has 0 radical (unpaired) electrons. The predicted octanol–water partition coefficient (Wildman–Crippen LogP) is 4.08. The van der Waals surface area contributed by atoms with E-state index < -0.39 is 0 Å². The van der Waals surface area contributed by atoms with Gasteiger partial charge in [0.2, 0.25) is 0 Å². The lowest BCUT2D eigenvalue weighted by atomic mass is 10.1. The van der Waals surface area contributed by atoms with Crippen molar-refractivity contribution in [3.05, 3.63) is 84.2 Å². The van der Waals surface area contributed by atoms with E-state index in [9.17, 15) is 0 Å². The van der Waals surface area contributed by atoms with Crippen LogP contribution in [0.3, 0.4) is 0 Å². The zero-order chi connectivity index (χ0) is 19.3. The molecule has 0 aliphatic rings. The summed E-state index contributed by atoms with van der Waals surface area (Å²) in [5.41, 5.74) is 6.37. The highest BCUT2D eigenvalue weighted by Gasteiger charge is 2.04. The zero-order valence-corrected chi connectivity index (χ0v) is 16.0. The van der Waals surface area contributed by atoms with Crippen molar-refractivity contribution in [3.8, 4) is 22.5 Å². The van der Waals surface area contributed by atoms with Crippen LogP contribution >= 0.6 is 0 Å². The third kappa shape index (κ3) is 4.23. The fourth-order valence-corrected chi connectivity index (χ4v) is 2.82. The minimum atomic E-state index is 0.609. The summed E-state index contributed by atoms with van der Waals surface area (Å²) in [7, 11) is 0. The highest BCUT2D eigenvalue weighted by molar-refractivity contribution is 5.58. The lowest BCUT2D eigenvalue weighted by molar-refractivity contribution is 0.586. The highest BCUT2D eigenvalue weighted by atomic mass is 15.5. The summed E-state index contributed by atoms with van der Waals surface area (Å²) in [5, 5.41) is 17.7. The first-order valence-corrected chi connectivity index (χ1v) is 9.27. The van der Waals surface area contributed by atoms with E-state index in [1.54, 1.807) is 22.0 Å². The van der Waals surface area contributed by atoms with E-state index in [0.29, 0.717) is 13.1 Å². The number of nitrogens with zero attached hydrogens (tertiary/aromatic N) is 6. The standard InChI is InChI=1S/C22H22N6/c1-17-5-9-19(10-6-17)21-15-23-27(25-21)13-3-4-14-28-24-16-22(26-28)20-11-7-18(2)8-12-20/h3-12,15-16H,13-14H2,1-2H3/b4-3-. The molecule has 0 unspecified atom stereocenters.